The van der Waals surface area contributed by atoms with E-state index in [1.54, 1.807) is 0 Å². The average Bonchev–Trinajstić information content (AvgIpc) is 3.96. The highest BCUT2D eigenvalue weighted by atomic mass is 32.1. The lowest BCUT2D eigenvalue weighted by molar-refractivity contribution is 0.487. The van der Waals surface area contributed by atoms with E-state index < -0.39 is 0 Å². The summed E-state index contributed by atoms with van der Waals surface area (Å²) in [5, 5.41) is 7.60. The lowest BCUT2D eigenvalue weighted by Crippen LogP contribution is -2.54. The fourth-order valence-corrected chi connectivity index (χ4v) is 11.2. The highest BCUT2D eigenvalue weighted by molar-refractivity contribution is 7.26. The highest BCUT2D eigenvalue weighted by Gasteiger charge is 2.32. The molecule has 0 radical (unpaired) electrons. The van der Waals surface area contributed by atoms with Gasteiger partial charge in [0, 0.05) is 42.7 Å². The number of rotatable bonds is 4. The quantitative estimate of drug-likeness (QED) is 0.163. The summed E-state index contributed by atoms with van der Waals surface area (Å²) in [6, 6.07) is 73.0. The Morgan fingerprint density at radius 3 is 1.71 bits per heavy atom. The normalized spacial score (nSPS) is 12.5. The van der Waals surface area contributed by atoms with E-state index in [1.807, 2.05) is 11.3 Å². The second kappa shape index (κ2) is 12.6. The number of para-hydroxylation sites is 5. The second-order valence-corrected chi connectivity index (χ2v) is 16.6. The standard InChI is InChI=1S/C54H33BN2OS/c1-2-14-36(15-3-1)56-46-23-8-4-16-38(46)42-32-34(28-30-48(42)56)37-18-12-19-40-41-20-13-25-50(54(41)59-53(37)40)57-47-24-9-5-17-39(47)43-33-35(29-31-49(43)57)55-44-21-6-10-26-51(44)58-52-27-11-7-22-45(52)55/h1-33H. The second-order valence-electron chi connectivity index (χ2n) is 15.6. The number of hydrogen-bond acceptors (Lipinski definition) is 2. The molecule has 12 aromatic rings. The van der Waals surface area contributed by atoms with Crippen LogP contribution >= 0.6 is 11.3 Å². The minimum absolute atomic E-state index is 0.0706. The van der Waals surface area contributed by atoms with Gasteiger partial charge in [-0.1, -0.05) is 145 Å². The van der Waals surface area contributed by atoms with Crippen molar-refractivity contribution in [2.75, 3.05) is 0 Å². The van der Waals surface area contributed by atoms with Crippen molar-refractivity contribution in [3.8, 4) is 34.0 Å². The van der Waals surface area contributed by atoms with Crippen LogP contribution in [0, 0.1) is 0 Å². The summed E-state index contributed by atoms with van der Waals surface area (Å²) in [5.74, 6) is 1.85. The zero-order valence-corrected chi connectivity index (χ0v) is 32.7. The van der Waals surface area contributed by atoms with Gasteiger partial charge in [0.2, 0.25) is 0 Å². The Bertz CT molecular complexity index is 3620. The topological polar surface area (TPSA) is 19.1 Å². The molecular formula is C54H33BN2OS. The number of fused-ring (bicyclic) bond motifs is 11. The largest absolute Gasteiger partial charge is 0.458 e. The smallest absolute Gasteiger partial charge is 0.250 e. The Hall–Kier alpha value is -7.34. The van der Waals surface area contributed by atoms with Crippen LogP contribution < -0.4 is 21.1 Å². The molecule has 0 atom stereocenters. The van der Waals surface area contributed by atoms with Crippen LogP contribution in [0.3, 0.4) is 0 Å². The van der Waals surface area contributed by atoms with Crippen LogP contribution in [-0.4, -0.2) is 15.8 Å². The monoisotopic (exact) mass is 768 g/mol. The van der Waals surface area contributed by atoms with E-state index in [-0.39, 0.29) is 6.71 Å². The van der Waals surface area contributed by atoms with Gasteiger partial charge in [0.1, 0.15) is 11.5 Å². The minimum atomic E-state index is 0.0706. The van der Waals surface area contributed by atoms with Crippen LogP contribution in [0.25, 0.3) is 86.3 Å². The van der Waals surface area contributed by atoms with Crippen LogP contribution in [-0.2, 0) is 0 Å². The molecule has 1 aliphatic rings. The van der Waals surface area contributed by atoms with E-state index in [2.05, 4.69) is 209 Å². The summed E-state index contributed by atoms with van der Waals surface area (Å²) in [7, 11) is 0. The fraction of sp³-hybridized carbons (Fsp3) is 0. The molecule has 59 heavy (non-hydrogen) atoms. The van der Waals surface area contributed by atoms with Gasteiger partial charge in [0.05, 0.1) is 32.5 Å². The first-order valence-corrected chi connectivity index (χ1v) is 21.0. The van der Waals surface area contributed by atoms with E-state index in [0.29, 0.717) is 0 Å². The third kappa shape index (κ3) is 4.77. The molecule has 5 heteroatoms. The maximum Gasteiger partial charge on any atom is 0.250 e. The van der Waals surface area contributed by atoms with E-state index in [0.717, 1.165) is 11.5 Å². The molecule has 0 saturated heterocycles. The number of nitrogens with zero attached hydrogens (tertiary/aromatic N) is 2. The van der Waals surface area contributed by atoms with Crippen molar-refractivity contribution >= 4 is 98.2 Å². The van der Waals surface area contributed by atoms with Gasteiger partial charge in [0.15, 0.2) is 0 Å². The molecule has 9 aromatic carbocycles. The third-order valence-corrected chi connectivity index (χ3v) is 13.7. The van der Waals surface area contributed by atoms with Gasteiger partial charge in [-0.15, -0.1) is 11.3 Å². The first kappa shape index (κ1) is 32.7. The molecule has 3 nitrogen and oxygen atoms in total. The molecule has 4 heterocycles. The van der Waals surface area contributed by atoms with E-state index in [9.17, 15) is 0 Å². The molecule has 1 aliphatic heterocycles. The Labute approximate surface area is 344 Å². The number of benzene rings is 9. The minimum Gasteiger partial charge on any atom is -0.458 e. The predicted molar refractivity (Wildman–Crippen MR) is 251 cm³/mol. The predicted octanol–water partition coefficient (Wildman–Crippen LogP) is 12.5. The van der Waals surface area contributed by atoms with Crippen LogP contribution in [0.15, 0.2) is 200 Å². The van der Waals surface area contributed by atoms with Crippen LogP contribution in [0.5, 0.6) is 11.5 Å². The molecule has 0 aliphatic carbocycles. The van der Waals surface area contributed by atoms with Crippen molar-refractivity contribution < 1.29 is 4.74 Å². The van der Waals surface area contributed by atoms with Gasteiger partial charge in [-0.3, -0.25) is 0 Å². The fourth-order valence-electron chi connectivity index (χ4n) is 9.90. The lowest BCUT2D eigenvalue weighted by atomic mass is 9.36. The van der Waals surface area contributed by atoms with E-state index >= 15 is 0 Å². The van der Waals surface area contributed by atoms with Gasteiger partial charge in [0.25, 0.3) is 6.71 Å². The zero-order valence-electron chi connectivity index (χ0n) is 31.8. The lowest BCUT2D eigenvalue weighted by Gasteiger charge is -2.26. The van der Waals surface area contributed by atoms with Crippen LogP contribution in [0.1, 0.15) is 0 Å². The van der Waals surface area contributed by atoms with Gasteiger partial charge < -0.3 is 13.9 Å². The molecular weight excluding hydrogens is 735 g/mol. The molecule has 0 bridgehead atoms. The first-order chi connectivity index (χ1) is 29.3. The van der Waals surface area contributed by atoms with Crippen molar-refractivity contribution in [3.05, 3.63) is 200 Å². The Morgan fingerprint density at radius 1 is 0.390 bits per heavy atom. The van der Waals surface area contributed by atoms with Gasteiger partial charge >= 0.3 is 0 Å². The summed E-state index contributed by atoms with van der Waals surface area (Å²) >= 11 is 1.91. The highest BCUT2D eigenvalue weighted by Crippen LogP contribution is 2.45. The van der Waals surface area contributed by atoms with Crippen molar-refractivity contribution in [1.29, 1.82) is 0 Å². The Balaban J connectivity index is 0.999. The first-order valence-electron chi connectivity index (χ1n) is 20.2. The van der Waals surface area contributed by atoms with Gasteiger partial charge in [-0.05, 0) is 82.7 Å². The van der Waals surface area contributed by atoms with Crippen LogP contribution in [0.4, 0.5) is 0 Å². The number of hydrogen-bond donors (Lipinski definition) is 0. The molecule has 3 aromatic heterocycles. The van der Waals surface area contributed by atoms with Crippen LogP contribution in [0.2, 0.25) is 0 Å². The average molecular weight is 769 g/mol. The molecule has 0 fully saturated rings. The van der Waals surface area contributed by atoms with Gasteiger partial charge in [-0.25, -0.2) is 0 Å². The Morgan fingerprint density at radius 2 is 0.949 bits per heavy atom. The van der Waals surface area contributed by atoms with Crippen molar-refractivity contribution in [2.45, 2.75) is 0 Å². The molecule has 0 N–H and O–H groups in total. The summed E-state index contributed by atoms with van der Waals surface area (Å²) in [5.41, 5.74) is 13.4. The zero-order chi connectivity index (χ0) is 38.6. The molecule has 0 saturated carbocycles. The summed E-state index contributed by atoms with van der Waals surface area (Å²) in [6.07, 6.45) is 0. The third-order valence-electron chi connectivity index (χ3n) is 12.5. The van der Waals surface area contributed by atoms with E-state index in [4.69, 9.17) is 4.74 Å². The number of thiophene rings is 1. The summed E-state index contributed by atoms with van der Waals surface area (Å²) in [4.78, 5) is 0. The summed E-state index contributed by atoms with van der Waals surface area (Å²) in [6.45, 7) is 0.0706. The van der Waals surface area contributed by atoms with Crippen molar-refractivity contribution in [2.24, 2.45) is 0 Å². The number of aromatic nitrogens is 2. The van der Waals surface area contributed by atoms with E-state index in [1.165, 1.54) is 103 Å². The molecule has 0 unspecified atom stereocenters. The van der Waals surface area contributed by atoms with Crippen molar-refractivity contribution in [1.82, 2.24) is 9.13 Å². The van der Waals surface area contributed by atoms with Gasteiger partial charge in [-0.2, -0.15) is 0 Å². The molecule has 0 amide bonds. The number of ether oxygens (including phenoxy) is 1. The van der Waals surface area contributed by atoms with Crippen molar-refractivity contribution in [3.63, 3.8) is 0 Å². The Kier molecular flexibility index (Phi) is 6.98. The SMILES string of the molecule is c1ccc(-n2c3ccccc3c3cc(-c4cccc5c4sc4c(-n6c7ccccc7c7cc(B8c9ccccc9Oc9ccccc98)ccc76)cccc45)ccc32)cc1. The molecule has 274 valence electrons. The molecule has 0 spiro atoms. The summed E-state index contributed by atoms with van der Waals surface area (Å²) < 4.78 is 13.9. The maximum absolute atomic E-state index is 6.40. The molecule has 13 rings (SSSR count). The maximum atomic E-state index is 6.40.